The van der Waals surface area contributed by atoms with Crippen LogP contribution in [0.4, 0.5) is 0 Å². The van der Waals surface area contributed by atoms with Gasteiger partial charge in [0.15, 0.2) is 0 Å². The Hall–Kier alpha value is -5.67. The first-order chi connectivity index (χ1) is 20.8. The molecule has 3 nitrogen and oxygen atoms in total. The van der Waals surface area contributed by atoms with E-state index in [4.69, 9.17) is 0 Å². The predicted molar refractivity (Wildman–Crippen MR) is 175 cm³/mol. The molecule has 0 aliphatic carbocycles. The maximum atomic E-state index is 14.8. The molecule has 0 bridgehead atoms. The van der Waals surface area contributed by atoms with Gasteiger partial charge in [0.1, 0.15) is 0 Å². The van der Waals surface area contributed by atoms with E-state index >= 15 is 0 Å². The van der Waals surface area contributed by atoms with Crippen LogP contribution in [0.25, 0.3) is 66.2 Å². The lowest BCUT2D eigenvalue weighted by atomic mass is 9.99. The zero-order chi connectivity index (χ0) is 28.0. The molecule has 0 aliphatic rings. The third kappa shape index (κ3) is 3.79. The van der Waals surface area contributed by atoms with Crippen molar-refractivity contribution < 1.29 is 0 Å². The van der Waals surface area contributed by atoms with Gasteiger partial charge in [0, 0.05) is 10.8 Å². The van der Waals surface area contributed by atoms with E-state index in [1.54, 1.807) is 0 Å². The summed E-state index contributed by atoms with van der Waals surface area (Å²) in [6.07, 6.45) is 0. The second-order valence-corrected chi connectivity index (χ2v) is 10.6. The number of rotatable bonds is 4. The first kappa shape index (κ1) is 24.2. The Labute approximate surface area is 243 Å². The van der Waals surface area contributed by atoms with Crippen LogP contribution in [0.15, 0.2) is 163 Å². The largest absolute Gasteiger partial charge is 0.338 e. The number of hydrogen-bond donors (Lipinski definition) is 0. The molecule has 0 unspecified atom stereocenters. The molecule has 8 rings (SSSR count). The van der Waals surface area contributed by atoms with Crippen LogP contribution in [0.1, 0.15) is 0 Å². The van der Waals surface area contributed by atoms with Gasteiger partial charge in [0.25, 0.3) is 0 Å². The summed E-state index contributed by atoms with van der Waals surface area (Å²) in [7, 11) is 0. The fourth-order valence-electron chi connectivity index (χ4n) is 6.24. The van der Waals surface area contributed by atoms with Gasteiger partial charge in [-0.15, -0.1) is 0 Å². The molecule has 0 radical (unpaired) electrons. The van der Waals surface area contributed by atoms with Crippen LogP contribution in [0.2, 0.25) is 0 Å². The van der Waals surface area contributed by atoms with Crippen molar-refractivity contribution in [2.24, 2.45) is 0 Å². The van der Waals surface area contributed by atoms with Gasteiger partial charge in [0.2, 0.25) is 0 Å². The summed E-state index contributed by atoms with van der Waals surface area (Å²) in [5.41, 5.74) is 7.75. The highest BCUT2D eigenvalue weighted by Gasteiger charge is 2.22. The first-order valence-corrected chi connectivity index (χ1v) is 14.2. The Morgan fingerprint density at radius 2 is 0.690 bits per heavy atom. The van der Waals surface area contributed by atoms with Crippen LogP contribution in [0.3, 0.4) is 0 Å². The van der Waals surface area contributed by atoms with Crippen LogP contribution in [0, 0.1) is 0 Å². The van der Waals surface area contributed by atoms with Gasteiger partial charge in [-0.05, 0) is 57.3 Å². The lowest BCUT2D eigenvalue weighted by Gasteiger charge is -2.12. The second-order valence-electron chi connectivity index (χ2n) is 10.6. The number of nitrogens with zero attached hydrogens (tertiary/aromatic N) is 2. The quantitative estimate of drug-likeness (QED) is 0.205. The standard InChI is InChI=1S/C39H26N2O/c42-39-40(31-19-11-17-29(25-31)27-13-3-1-4-14-27)37-35-23-9-7-21-33(35)34-22-8-10-24-36(34)38(37)41(39)32-20-12-18-30(26-32)28-15-5-2-6-16-28/h1-26H. The lowest BCUT2D eigenvalue weighted by Crippen LogP contribution is -2.22. The molecule has 0 aliphatic heterocycles. The number of aromatic nitrogens is 2. The predicted octanol–water partition coefficient (Wildman–Crippen LogP) is 9.42. The van der Waals surface area contributed by atoms with Gasteiger partial charge >= 0.3 is 5.69 Å². The van der Waals surface area contributed by atoms with Crippen LogP contribution in [-0.4, -0.2) is 9.13 Å². The molecule has 1 aromatic heterocycles. The van der Waals surface area contributed by atoms with Gasteiger partial charge in [-0.2, -0.15) is 0 Å². The zero-order valence-electron chi connectivity index (χ0n) is 22.8. The van der Waals surface area contributed by atoms with E-state index in [1.165, 1.54) is 0 Å². The van der Waals surface area contributed by atoms with E-state index in [1.807, 2.05) is 69.8 Å². The van der Waals surface area contributed by atoms with E-state index in [0.29, 0.717) is 0 Å². The molecule has 0 amide bonds. The van der Waals surface area contributed by atoms with Gasteiger partial charge in [-0.25, -0.2) is 4.79 Å². The van der Waals surface area contributed by atoms with Crippen LogP contribution < -0.4 is 5.69 Å². The van der Waals surface area contributed by atoms with Gasteiger partial charge < -0.3 is 0 Å². The summed E-state index contributed by atoms with van der Waals surface area (Å²) in [6, 6.07) is 54.0. The molecular formula is C39H26N2O. The van der Waals surface area contributed by atoms with Crippen molar-refractivity contribution in [3.63, 3.8) is 0 Å². The van der Waals surface area contributed by atoms with Crippen LogP contribution in [0.5, 0.6) is 0 Å². The summed E-state index contributed by atoms with van der Waals surface area (Å²) in [4.78, 5) is 14.8. The molecule has 8 aromatic rings. The minimum Gasteiger partial charge on any atom is -0.260 e. The summed E-state index contributed by atoms with van der Waals surface area (Å²) in [5.74, 6) is 0. The highest BCUT2D eigenvalue weighted by molar-refractivity contribution is 6.24. The van der Waals surface area contributed by atoms with E-state index in [-0.39, 0.29) is 5.69 Å². The van der Waals surface area contributed by atoms with Crippen LogP contribution >= 0.6 is 0 Å². The summed E-state index contributed by atoms with van der Waals surface area (Å²) < 4.78 is 3.79. The summed E-state index contributed by atoms with van der Waals surface area (Å²) in [5, 5.41) is 4.35. The molecule has 1 heterocycles. The molecule has 0 saturated carbocycles. The fourth-order valence-corrected chi connectivity index (χ4v) is 6.24. The molecule has 42 heavy (non-hydrogen) atoms. The Morgan fingerprint density at radius 3 is 1.12 bits per heavy atom. The van der Waals surface area contributed by atoms with Crippen molar-refractivity contribution in [3.05, 3.63) is 168 Å². The summed E-state index contributed by atoms with van der Waals surface area (Å²) >= 11 is 0. The molecule has 0 fully saturated rings. The van der Waals surface area contributed by atoms with Crippen molar-refractivity contribution >= 4 is 32.6 Å². The molecular weight excluding hydrogens is 512 g/mol. The number of hydrogen-bond acceptors (Lipinski definition) is 1. The SMILES string of the molecule is O=c1n(-c2cccc(-c3ccccc3)c2)c2c3ccccc3c3ccccc3c2n1-c1cccc(-c2ccccc2)c1. The Bertz CT molecular complexity index is 2150. The monoisotopic (exact) mass is 538 g/mol. The van der Waals surface area contributed by atoms with Crippen molar-refractivity contribution in [2.75, 3.05) is 0 Å². The van der Waals surface area contributed by atoms with Crippen molar-refractivity contribution in [1.29, 1.82) is 0 Å². The Balaban J connectivity index is 1.51. The van der Waals surface area contributed by atoms with E-state index in [9.17, 15) is 4.79 Å². The maximum Gasteiger partial charge on any atom is 0.338 e. The smallest absolute Gasteiger partial charge is 0.260 e. The number of benzene rings is 7. The third-order valence-corrected chi connectivity index (χ3v) is 8.13. The number of fused-ring (bicyclic) bond motifs is 6. The van der Waals surface area contributed by atoms with Gasteiger partial charge in [-0.3, -0.25) is 9.13 Å². The third-order valence-electron chi connectivity index (χ3n) is 8.13. The Morgan fingerprint density at radius 1 is 0.333 bits per heavy atom. The molecule has 0 saturated heterocycles. The normalized spacial score (nSPS) is 11.4. The molecule has 198 valence electrons. The van der Waals surface area contributed by atoms with E-state index in [0.717, 1.165) is 66.2 Å². The minimum atomic E-state index is -0.0954. The fraction of sp³-hybridized carbons (Fsp3) is 0. The molecule has 0 N–H and O–H groups in total. The average molecular weight is 539 g/mol. The molecule has 0 atom stereocenters. The van der Waals surface area contributed by atoms with Crippen molar-refractivity contribution in [1.82, 2.24) is 9.13 Å². The molecule has 3 heteroatoms. The van der Waals surface area contributed by atoms with Crippen molar-refractivity contribution in [2.45, 2.75) is 0 Å². The average Bonchev–Trinajstić information content (AvgIpc) is 3.39. The maximum absolute atomic E-state index is 14.8. The molecule has 0 spiro atoms. The topological polar surface area (TPSA) is 26.9 Å². The van der Waals surface area contributed by atoms with Crippen LogP contribution in [-0.2, 0) is 0 Å². The van der Waals surface area contributed by atoms with Gasteiger partial charge in [-0.1, -0.05) is 133 Å². The van der Waals surface area contributed by atoms with E-state index < -0.39 is 0 Å². The van der Waals surface area contributed by atoms with Gasteiger partial charge in [0.05, 0.1) is 22.4 Å². The molecule has 7 aromatic carbocycles. The van der Waals surface area contributed by atoms with Crippen molar-refractivity contribution in [3.8, 4) is 33.6 Å². The second kappa shape index (κ2) is 9.76. The Kier molecular flexibility index (Phi) is 5.61. The van der Waals surface area contributed by atoms with E-state index in [2.05, 4.69) is 97.1 Å². The highest BCUT2D eigenvalue weighted by Crippen LogP contribution is 2.37. The highest BCUT2D eigenvalue weighted by atomic mass is 16.1. The minimum absolute atomic E-state index is 0.0954. The summed E-state index contributed by atoms with van der Waals surface area (Å²) in [6.45, 7) is 0. The number of imidazole rings is 1. The first-order valence-electron chi connectivity index (χ1n) is 14.2. The zero-order valence-corrected chi connectivity index (χ0v) is 22.8. The lowest BCUT2D eigenvalue weighted by molar-refractivity contribution is 0.933.